The molecule has 1 aromatic heterocycles. The third kappa shape index (κ3) is 2.96. The van der Waals surface area contributed by atoms with Crippen LogP contribution in [0.5, 0.6) is 11.5 Å². The largest absolute Gasteiger partial charge is 0.478 e. The Hall–Kier alpha value is -2.36. The Balaban J connectivity index is 2.44. The summed E-state index contributed by atoms with van der Waals surface area (Å²) in [5.41, 5.74) is 1.02. The number of aromatic carboxylic acids is 1. The number of nitrogens with zero attached hydrogens (tertiary/aromatic N) is 1. The van der Waals surface area contributed by atoms with Gasteiger partial charge in [-0.25, -0.2) is 4.79 Å². The lowest BCUT2D eigenvalue weighted by Crippen LogP contribution is -2.12. The van der Waals surface area contributed by atoms with Gasteiger partial charge >= 0.3 is 5.97 Å². The number of pyridine rings is 1. The number of carbonyl (C=O) groups is 1. The van der Waals surface area contributed by atoms with Crippen molar-refractivity contribution in [3.8, 4) is 11.5 Å². The number of para-hydroxylation sites is 1. The molecule has 0 radical (unpaired) electrons. The van der Waals surface area contributed by atoms with Crippen LogP contribution in [0.4, 0.5) is 0 Å². The molecule has 104 valence electrons. The summed E-state index contributed by atoms with van der Waals surface area (Å²) >= 11 is 0. The summed E-state index contributed by atoms with van der Waals surface area (Å²) in [6, 6.07) is 9.04. The predicted octanol–water partition coefficient (Wildman–Crippen LogP) is 3.87. The Morgan fingerprint density at radius 1 is 1.15 bits per heavy atom. The first-order valence-corrected chi connectivity index (χ1v) is 6.34. The van der Waals surface area contributed by atoms with Crippen molar-refractivity contribution in [1.29, 1.82) is 0 Å². The zero-order valence-electron chi connectivity index (χ0n) is 11.8. The first-order chi connectivity index (χ1) is 9.39. The minimum absolute atomic E-state index is 0.0951. The molecule has 0 saturated heterocycles. The van der Waals surface area contributed by atoms with Crippen LogP contribution in [-0.2, 0) is 5.41 Å². The topological polar surface area (TPSA) is 59.4 Å². The Bertz CT molecular complexity index is 630. The third-order valence-corrected chi connectivity index (χ3v) is 2.93. The third-order valence-electron chi connectivity index (χ3n) is 2.93. The van der Waals surface area contributed by atoms with E-state index >= 15 is 0 Å². The van der Waals surface area contributed by atoms with Crippen LogP contribution in [-0.4, -0.2) is 16.1 Å². The molecule has 2 rings (SSSR count). The van der Waals surface area contributed by atoms with Crippen molar-refractivity contribution in [2.75, 3.05) is 0 Å². The highest BCUT2D eigenvalue weighted by molar-refractivity contribution is 5.90. The quantitative estimate of drug-likeness (QED) is 0.920. The lowest BCUT2D eigenvalue weighted by Gasteiger charge is -2.22. The average molecular weight is 271 g/mol. The van der Waals surface area contributed by atoms with E-state index in [2.05, 4.69) is 25.8 Å². The minimum Gasteiger partial charge on any atom is -0.478 e. The molecule has 0 bridgehead atoms. The summed E-state index contributed by atoms with van der Waals surface area (Å²) in [5.74, 6) is -0.136. The molecule has 1 heterocycles. The van der Waals surface area contributed by atoms with Gasteiger partial charge < -0.3 is 9.84 Å². The molecular formula is C16H17NO3. The molecule has 0 aliphatic rings. The number of aromatic nitrogens is 1. The van der Waals surface area contributed by atoms with Gasteiger partial charge in [0, 0.05) is 11.8 Å². The standard InChI is InChI=1S/C16H17NO3/c1-16(2,3)12-6-4-5-7-13(12)20-14-10-17-9-8-11(14)15(18)19/h4-10H,1-3H3,(H,18,19). The van der Waals surface area contributed by atoms with Crippen LogP contribution in [0.15, 0.2) is 42.7 Å². The summed E-state index contributed by atoms with van der Waals surface area (Å²) in [6.07, 6.45) is 2.86. The van der Waals surface area contributed by atoms with Gasteiger partial charge in [-0.15, -0.1) is 0 Å². The fourth-order valence-corrected chi connectivity index (χ4v) is 1.93. The van der Waals surface area contributed by atoms with Gasteiger partial charge in [0.15, 0.2) is 5.75 Å². The van der Waals surface area contributed by atoms with Crippen molar-refractivity contribution in [2.24, 2.45) is 0 Å². The molecule has 0 unspecified atom stereocenters. The Labute approximate surface area is 118 Å². The van der Waals surface area contributed by atoms with E-state index in [1.165, 1.54) is 18.5 Å². The second-order valence-electron chi connectivity index (χ2n) is 5.53. The van der Waals surface area contributed by atoms with Gasteiger partial charge in [-0.2, -0.15) is 0 Å². The summed E-state index contributed by atoms with van der Waals surface area (Å²) in [6.45, 7) is 6.24. The van der Waals surface area contributed by atoms with Crippen LogP contribution in [0.1, 0.15) is 36.7 Å². The molecule has 0 spiro atoms. The Kier molecular flexibility index (Phi) is 3.74. The van der Waals surface area contributed by atoms with E-state index in [1.807, 2.05) is 24.3 Å². The summed E-state index contributed by atoms with van der Waals surface area (Å²) in [5, 5.41) is 9.17. The second kappa shape index (κ2) is 5.33. The predicted molar refractivity (Wildman–Crippen MR) is 76.4 cm³/mol. The van der Waals surface area contributed by atoms with Crippen molar-refractivity contribution in [3.05, 3.63) is 53.9 Å². The maximum atomic E-state index is 11.2. The van der Waals surface area contributed by atoms with E-state index in [0.717, 1.165) is 5.56 Å². The maximum Gasteiger partial charge on any atom is 0.339 e. The highest BCUT2D eigenvalue weighted by Crippen LogP contribution is 2.34. The molecule has 1 N–H and O–H groups in total. The first-order valence-electron chi connectivity index (χ1n) is 6.34. The van der Waals surface area contributed by atoms with E-state index in [0.29, 0.717) is 5.75 Å². The molecule has 0 aliphatic carbocycles. The zero-order chi connectivity index (χ0) is 14.8. The highest BCUT2D eigenvalue weighted by atomic mass is 16.5. The van der Waals surface area contributed by atoms with E-state index in [-0.39, 0.29) is 16.7 Å². The Morgan fingerprint density at radius 2 is 1.85 bits per heavy atom. The van der Waals surface area contributed by atoms with Crippen LogP contribution in [0.2, 0.25) is 0 Å². The number of hydrogen-bond acceptors (Lipinski definition) is 3. The van der Waals surface area contributed by atoms with Crippen LogP contribution >= 0.6 is 0 Å². The summed E-state index contributed by atoms with van der Waals surface area (Å²) in [4.78, 5) is 15.1. The molecule has 0 aliphatic heterocycles. The molecule has 4 nitrogen and oxygen atoms in total. The average Bonchev–Trinajstić information content (AvgIpc) is 2.38. The molecular weight excluding hydrogens is 254 g/mol. The van der Waals surface area contributed by atoms with Crippen LogP contribution in [0.3, 0.4) is 0 Å². The van der Waals surface area contributed by atoms with Crippen molar-refractivity contribution in [3.63, 3.8) is 0 Å². The van der Waals surface area contributed by atoms with Gasteiger partial charge in [-0.1, -0.05) is 39.0 Å². The summed E-state index contributed by atoms with van der Waals surface area (Å²) < 4.78 is 5.79. The van der Waals surface area contributed by atoms with E-state index < -0.39 is 5.97 Å². The van der Waals surface area contributed by atoms with Crippen LogP contribution < -0.4 is 4.74 Å². The fourth-order valence-electron chi connectivity index (χ4n) is 1.93. The monoisotopic (exact) mass is 271 g/mol. The number of hydrogen-bond donors (Lipinski definition) is 1. The van der Waals surface area contributed by atoms with Gasteiger partial charge in [-0.3, -0.25) is 4.98 Å². The van der Waals surface area contributed by atoms with Crippen molar-refractivity contribution < 1.29 is 14.6 Å². The first kappa shape index (κ1) is 14.1. The number of benzene rings is 1. The lowest BCUT2D eigenvalue weighted by molar-refractivity contribution is 0.0694. The molecule has 1 aromatic carbocycles. The van der Waals surface area contributed by atoms with E-state index in [9.17, 15) is 4.79 Å². The van der Waals surface area contributed by atoms with Gasteiger partial charge in [0.2, 0.25) is 0 Å². The second-order valence-corrected chi connectivity index (χ2v) is 5.53. The summed E-state index contributed by atoms with van der Waals surface area (Å²) in [7, 11) is 0. The van der Waals surface area contributed by atoms with Gasteiger partial charge in [0.05, 0.1) is 6.20 Å². The van der Waals surface area contributed by atoms with Crippen LogP contribution in [0, 0.1) is 0 Å². The molecule has 0 fully saturated rings. The zero-order valence-corrected chi connectivity index (χ0v) is 11.8. The molecule has 20 heavy (non-hydrogen) atoms. The smallest absolute Gasteiger partial charge is 0.339 e. The number of rotatable bonds is 3. The maximum absolute atomic E-state index is 11.2. The normalized spacial score (nSPS) is 11.2. The van der Waals surface area contributed by atoms with Crippen molar-refractivity contribution in [1.82, 2.24) is 4.98 Å². The van der Waals surface area contributed by atoms with Gasteiger partial charge in [-0.05, 0) is 17.5 Å². The van der Waals surface area contributed by atoms with Gasteiger partial charge in [0.1, 0.15) is 11.3 Å². The number of carboxylic acids is 1. The fraction of sp³-hybridized carbons (Fsp3) is 0.250. The number of ether oxygens (including phenoxy) is 1. The molecule has 0 saturated carbocycles. The Morgan fingerprint density at radius 3 is 2.50 bits per heavy atom. The van der Waals surface area contributed by atoms with Crippen molar-refractivity contribution in [2.45, 2.75) is 26.2 Å². The highest BCUT2D eigenvalue weighted by Gasteiger charge is 2.20. The molecule has 4 heteroatoms. The molecule has 0 atom stereocenters. The van der Waals surface area contributed by atoms with Gasteiger partial charge in [0.25, 0.3) is 0 Å². The minimum atomic E-state index is -1.03. The van der Waals surface area contributed by atoms with Crippen LogP contribution in [0.25, 0.3) is 0 Å². The van der Waals surface area contributed by atoms with Crippen molar-refractivity contribution >= 4 is 5.97 Å². The molecule has 0 amide bonds. The van der Waals surface area contributed by atoms with E-state index in [1.54, 1.807) is 0 Å². The van der Waals surface area contributed by atoms with E-state index in [4.69, 9.17) is 9.84 Å². The SMILES string of the molecule is CC(C)(C)c1ccccc1Oc1cnccc1C(=O)O. The lowest BCUT2D eigenvalue weighted by atomic mass is 9.86. The molecule has 2 aromatic rings. The number of carboxylic acid groups (broad SMARTS) is 1.